The highest BCUT2D eigenvalue weighted by molar-refractivity contribution is 5.69. The van der Waals surface area contributed by atoms with Gasteiger partial charge in [0.2, 0.25) is 0 Å². The fourth-order valence-electron chi connectivity index (χ4n) is 6.79. The maximum absolute atomic E-state index is 12.8. The average molecular weight is 895 g/mol. The van der Waals surface area contributed by atoms with E-state index in [0.29, 0.717) is 13.0 Å². The lowest BCUT2D eigenvalue weighted by Crippen LogP contribution is -2.59. The zero-order valence-electron chi connectivity index (χ0n) is 40.0. The highest BCUT2D eigenvalue weighted by Crippen LogP contribution is 2.22. The Morgan fingerprint density at radius 3 is 1.44 bits per heavy atom. The summed E-state index contributed by atoms with van der Waals surface area (Å²) in [5.74, 6) is -0.363. The zero-order chi connectivity index (χ0) is 46.4. The molecule has 0 radical (unpaired) electrons. The number of carbonyl (C=O) groups excluding carboxylic acids is 1. The van der Waals surface area contributed by atoms with E-state index in [2.05, 4.69) is 123 Å². The van der Waals surface area contributed by atoms with Gasteiger partial charge in [-0.2, -0.15) is 0 Å². The molecule has 1 aliphatic rings. The van der Waals surface area contributed by atoms with Crippen LogP contribution in [-0.4, -0.2) is 89.6 Å². The minimum absolute atomic E-state index is 0.112. The van der Waals surface area contributed by atoms with E-state index in [0.717, 1.165) is 89.9 Å². The summed E-state index contributed by atoms with van der Waals surface area (Å²) < 4.78 is 22.8. The van der Waals surface area contributed by atoms with E-state index in [1.54, 1.807) is 0 Å². The molecule has 0 aliphatic carbocycles. The lowest BCUT2D eigenvalue weighted by molar-refractivity contribution is -0.305. The van der Waals surface area contributed by atoms with Crippen molar-refractivity contribution in [3.05, 3.63) is 109 Å². The van der Waals surface area contributed by atoms with Crippen LogP contribution in [0.5, 0.6) is 0 Å². The molecule has 9 heteroatoms. The van der Waals surface area contributed by atoms with Crippen molar-refractivity contribution in [1.82, 2.24) is 0 Å². The van der Waals surface area contributed by atoms with Gasteiger partial charge in [0.15, 0.2) is 6.29 Å². The van der Waals surface area contributed by atoms with Crippen LogP contribution in [0.4, 0.5) is 0 Å². The maximum Gasteiger partial charge on any atom is 0.306 e. The molecule has 9 nitrogen and oxygen atoms in total. The van der Waals surface area contributed by atoms with Crippen molar-refractivity contribution >= 4 is 5.97 Å². The quantitative estimate of drug-likeness (QED) is 0.0269. The van der Waals surface area contributed by atoms with Crippen LogP contribution in [0.25, 0.3) is 0 Å². The fraction of sp³-hybridized carbons (Fsp3) is 0.655. The normalized spacial score (nSPS) is 20.5. The molecule has 1 saturated heterocycles. The second kappa shape index (κ2) is 45.0. The van der Waals surface area contributed by atoms with Crippen LogP contribution < -0.4 is 0 Å². The van der Waals surface area contributed by atoms with Gasteiger partial charge in [0, 0.05) is 13.0 Å². The van der Waals surface area contributed by atoms with Crippen LogP contribution in [0.3, 0.4) is 0 Å². The highest BCUT2D eigenvalue weighted by Gasteiger charge is 2.44. The molecule has 0 amide bonds. The summed E-state index contributed by atoms with van der Waals surface area (Å²) in [7, 11) is 0. The van der Waals surface area contributed by atoms with E-state index >= 15 is 0 Å². The molecule has 1 fully saturated rings. The summed E-state index contributed by atoms with van der Waals surface area (Å²) in [6.07, 6.45) is 56.8. The number of aliphatic hydroxyl groups is 4. The summed E-state index contributed by atoms with van der Waals surface area (Å²) >= 11 is 0. The third-order valence-corrected chi connectivity index (χ3v) is 10.7. The molecule has 0 aromatic heterocycles. The van der Waals surface area contributed by atoms with E-state index in [4.69, 9.17) is 18.9 Å². The number of hydrogen-bond donors (Lipinski definition) is 4. The highest BCUT2D eigenvalue weighted by atomic mass is 16.7. The molecule has 0 bridgehead atoms. The van der Waals surface area contributed by atoms with E-state index in [9.17, 15) is 25.2 Å². The number of hydrogen-bond acceptors (Lipinski definition) is 9. The Morgan fingerprint density at radius 1 is 0.516 bits per heavy atom. The van der Waals surface area contributed by atoms with Gasteiger partial charge in [0.25, 0.3) is 0 Å². The van der Waals surface area contributed by atoms with Crippen molar-refractivity contribution in [1.29, 1.82) is 0 Å². The van der Waals surface area contributed by atoms with E-state index in [1.165, 1.54) is 51.4 Å². The van der Waals surface area contributed by atoms with Crippen molar-refractivity contribution in [2.24, 2.45) is 0 Å². The third-order valence-electron chi connectivity index (χ3n) is 10.7. The first kappa shape index (κ1) is 58.9. The first-order chi connectivity index (χ1) is 31.4. The largest absolute Gasteiger partial charge is 0.457 e. The average Bonchev–Trinajstić information content (AvgIpc) is 3.30. The molecule has 0 aromatic carbocycles. The van der Waals surface area contributed by atoms with Gasteiger partial charge in [-0.3, -0.25) is 4.79 Å². The van der Waals surface area contributed by atoms with Gasteiger partial charge in [0.05, 0.1) is 19.8 Å². The Bertz CT molecular complexity index is 1340. The number of allylic oxidation sites excluding steroid dienone is 18. The van der Waals surface area contributed by atoms with Gasteiger partial charge in [-0.1, -0.05) is 168 Å². The van der Waals surface area contributed by atoms with E-state index < -0.39 is 43.4 Å². The van der Waals surface area contributed by atoms with Gasteiger partial charge in [0.1, 0.15) is 30.5 Å². The summed E-state index contributed by atoms with van der Waals surface area (Å²) in [6.45, 7) is 4.32. The Hall–Kier alpha value is -3.15. The molecule has 1 aliphatic heterocycles. The Morgan fingerprint density at radius 2 is 0.953 bits per heavy atom. The van der Waals surface area contributed by atoms with Gasteiger partial charge in [-0.05, 0) is 103 Å². The zero-order valence-corrected chi connectivity index (χ0v) is 40.0. The van der Waals surface area contributed by atoms with E-state index in [1.807, 2.05) is 0 Å². The molecule has 0 aromatic rings. The molecule has 6 unspecified atom stereocenters. The lowest BCUT2D eigenvalue weighted by atomic mass is 9.99. The molecule has 364 valence electrons. The fourth-order valence-corrected chi connectivity index (χ4v) is 6.79. The summed E-state index contributed by atoms with van der Waals surface area (Å²) in [5, 5.41) is 40.2. The van der Waals surface area contributed by atoms with E-state index in [-0.39, 0.29) is 25.6 Å². The predicted octanol–water partition coefficient (Wildman–Crippen LogP) is 12.1. The predicted molar refractivity (Wildman–Crippen MR) is 265 cm³/mol. The van der Waals surface area contributed by atoms with Crippen molar-refractivity contribution in [3.8, 4) is 0 Å². The minimum Gasteiger partial charge on any atom is -0.457 e. The van der Waals surface area contributed by atoms with Gasteiger partial charge in [-0.15, -0.1) is 0 Å². The second-order valence-corrected chi connectivity index (χ2v) is 16.5. The Kier molecular flexibility index (Phi) is 41.4. The molecule has 4 N–H and O–H groups in total. The lowest BCUT2D eigenvalue weighted by Gasteiger charge is -2.39. The number of rotatable bonds is 41. The van der Waals surface area contributed by atoms with Crippen LogP contribution in [0.15, 0.2) is 109 Å². The minimum atomic E-state index is -1.55. The Balaban J connectivity index is 2.29. The van der Waals surface area contributed by atoms with Crippen molar-refractivity contribution in [2.45, 2.75) is 205 Å². The number of ether oxygens (including phenoxy) is 4. The van der Waals surface area contributed by atoms with Crippen LogP contribution in [0.2, 0.25) is 0 Å². The maximum atomic E-state index is 12.8. The van der Waals surface area contributed by atoms with Gasteiger partial charge >= 0.3 is 5.97 Å². The Labute approximate surface area is 389 Å². The van der Waals surface area contributed by atoms with Crippen LogP contribution in [0, 0.1) is 0 Å². The van der Waals surface area contributed by atoms with Crippen molar-refractivity contribution < 1.29 is 44.2 Å². The van der Waals surface area contributed by atoms with Crippen molar-refractivity contribution in [2.75, 3.05) is 26.4 Å². The molecule has 0 saturated carbocycles. The molecule has 64 heavy (non-hydrogen) atoms. The number of carbonyl (C=O) groups is 1. The molecule has 6 atom stereocenters. The number of esters is 1. The summed E-state index contributed by atoms with van der Waals surface area (Å²) in [6, 6.07) is 0. The third kappa shape index (κ3) is 35.2. The summed E-state index contributed by atoms with van der Waals surface area (Å²) in [4.78, 5) is 12.8. The molecule has 1 heterocycles. The summed E-state index contributed by atoms with van der Waals surface area (Å²) in [5.41, 5.74) is 0. The second-order valence-electron chi connectivity index (χ2n) is 16.5. The first-order valence-corrected chi connectivity index (χ1v) is 25.0. The van der Waals surface area contributed by atoms with Gasteiger partial charge in [-0.25, -0.2) is 0 Å². The monoisotopic (exact) mass is 895 g/mol. The van der Waals surface area contributed by atoms with Crippen LogP contribution in [-0.2, 0) is 23.7 Å². The van der Waals surface area contributed by atoms with Gasteiger partial charge < -0.3 is 39.4 Å². The van der Waals surface area contributed by atoms with Crippen LogP contribution in [0.1, 0.15) is 168 Å². The molecule has 0 spiro atoms. The SMILES string of the molecule is CC/C=C\C/C=C\C/C=C\C/C=C\C/C=C\C/C=C\CCCCC(=O)OC(COCCCCCCCCC/C=C\C/C=C\C/C=C\CCCCC)COC1OC(CO)C(O)C(O)C1O. The molecular weight excluding hydrogens is 805 g/mol. The molecular formula is C55H90O9. The van der Waals surface area contributed by atoms with Crippen LogP contribution >= 0.6 is 0 Å². The number of aliphatic hydroxyl groups excluding tert-OH is 4. The topological polar surface area (TPSA) is 135 Å². The first-order valence-electron chi connectivity index (χ1n) is 25.0. The smallest absolute Gasteiger partial charge is 0.306 e. The standard InChI is InChI=1S/C55H90O9/c1-3-5-7-9-11-13-15-17-19-21-23-25-26-28-30-32-34-36-38-40-42-44-51(57)63-49(48-62-55-54(60)53(59)52(58)50(46-56)64-55)47-61-45-43-41-39-37-35-33-31-29-27-24-22-20-18-16-14-12-10-8-6-4-2/h5,7,11-14,17-20,23-25,27-28,30,34,36,49-50,52-56,58-60H,3-4,6,8-10,15-16,21-22,26,29,31-33,35,37-48H2,1-2H3/b7-5-,13-11-,14-12-,19-17-,20-18-,25-23-,27-24-,30-28-,36-34-. The number of unbranched alkanes of at least 4 members (excludes halogenated alkanes) is 12. The van der Waals surface area contributed by atoms with Crippen molar-refractivity contribution in [3.63, 3.8) is 0 Å². The molecule has 1 rings (SSSR count).